The van der Waals surface area contributed by atoms with E-state index in [-0.39, 0.29) is 5.41 Å². The van der Waals surface area contributed by atoms with Gasteiger partial charge in [-0.05, 0) is 17.9 Å². The van der Waals surface area contributed by atoms with Gasteiger partial charge in [-0.1, -0.05) is 58.0 Å². The van der Waals surface area contributed by atoms with Crippen molar-refractivity contribution in [2.75, 3.05) is 0 Å². The molecule has 1 aromatic carbocycles. The van der Waals surface area contributed by atoms with Crippen molar-refractivity contribution in [3.8, 4) is 0 Å². The van der Waals surface area contributed by atoms with Crippen molar-refractivity contribution in [1.82, 2.24) is 0 Å². The van der Waals surface area contributed by atoms with Crippen molar-refractivity contribution in [2.24, 2.45) is 11.3 Å². The molecule has 0 fully saturated rings. The van der Waals surface area contributed by atoms with Crippen LogP contribution in [0.1, 0.15) is 39.7 Å². The van der Waals surface area contributed by atoms with Crippen molar-refractivity contribution in [3.63, 3.8) is 0 Å². The number of benzene rings is 1. The van der Waals surface area contributed by atoms with Gasteiger partial charge in [0.15, 0.2) is 0 Å². The summed E-state index contributed by atoms with van der Waals surface area (Å²) in [7, 11) is 0. The van der Waals surface area contributed by atoms with E-state index in [0.29, 0.717) is 18.1 Å². The van der Waals surface area contributed by atoms with Crippen LogP contribution in [0.5, 0.6) is 0 Å². The second-order valence-corrected chi connectivity index (χ2v) is 5.29. The maximum Gasteiger partial charge on any atom is 0.139 e. The lowest BCUT2D eigenvalue weighted by molar-refractivity contribution is -0.129. The number of aryl methyl sites for hydroxylation is 1. The first kappa shape index (κ1) is 13.0. The molecule has 0 saturated heterocycles. The summed E-state index contributed by atoms with van der Waals surface area (Å²) in [5.74, 6) is 0.766. The second kappa shape index (κ2) is 5.29. The molecule has 0 heterocycles. The average Bonchev–Trinajstić information content (AvgIpc) is 2.27. The highest BCUT2D eigenvalue weighted by Gasteiger charge is 2.30. The molecule has 1 aromatic rings. The molecule has 0 aliphatic heterocycles. The summed E-state index contributed by atoms with van der Waals surface area (Å²) in [6.45, 7) is 8.32. The van der Waals surface area contributed by atoms with Gasteiger partial charge < -0.3 is 0 Å². The summed E-state index contributed by atoms with van der Waals surface area (Å²) in [6.07, 6.45) is 1.50. The van der Waals surface area contributed by atoms with Crippen LogP contribution in [0.2, 0.25) is 0 Å². The molecule has 0 aliphatic carbocycles. The summed E-state index contributed by atoms with van der Waals surface area (Å²) >= 11 is 0. The summed E-state index contributed by atoms with van der Waals surface area (Å²) in [5.41, 5.74) is 1.05. The minimum atomic E-state index is -0.200. The van der Waals surface area contributed by atoms with Gasteiger partial charge in [0.1, 0.15) is 5.78 Å². The van der Waals surface area contributed by atoms with Gasteiger partial charge in [0.25, 0.3) is 0 Å². The summed E-state index contributed by atoms with van der Waals surface area (Å²) in [6, 6.07) is 10.2. The van der Waals surface area contributed by atoms with Crippen LogP contribution in [-0.2, 0) is 11.2 Å². The standard InChI is InChI=1S/C15H22O/c1-12(2)15(3,4)14(16)11-10-13-8-6-5-7-9-13/h5-9,12H,10-11H2,1-4H3. The fourth-order valence-corrected chi connectivity index (χ4v) is 1.55. The van der Waals surface area contributed by atoms with Crippen molar-refractivity contribution >= 4 is 5.78 Å². The molecule has 1 heteroatoms. The average molecular weight is 218 g/mol. The minimum Gasteiger partial charge on any atom is -0.299 e. The molecule has 0 bridgehead atoms. The van der Waals surface area contributed by atoms with Gasteiger partial charge in [-0.25, -0.2) is 0 Å². The summed E-state index contributed by atoms with van der Waals surface area (Å²) in [5, 5.41) is 0. The Morgan fingerprint density at radius 3 is 2.25 bits per heavy atom. The third-order valence-electron chi connectivity index (χ3n) is 3.65. The van der Waals surface area contributed by atoms with Crippen LogP contribution >= 0.6 is 0 Å². The molecular formula is C15H22O. The molecule has 88 valence electrons. The molecule has 16 heavy (non-hydrogen) atoms. The molecule has 0 aromatic heterocycles. The van der Waals surface area contributed by atoms with Gasteiger partial charge in [0.2, 0.25) is 0 Å². The fourth-order valence-electron chi connectivity index (χ4n) is 1.55. The van der Waals surface area contributed by atoms with Gasteiger partial charge in [-0.2, -0.15) is 0 Å². The van der Waals surface area contributed by atoms with Gasteiger partial charge in [-0.15, -0.1) is 0 Å². The van der Waals surface area contributed by atoms with Crippen LogP contribution in [-0.4, -0.2) is 5.78 Å². The Bertz CT molecular complexity index is 336. The van der Waals surface area contributed by atoms with E-state index in [0.717, 1.165) is 6.42 Å². The lowest BCUT2D eigenvalue weighted by Gasteiger charge is -2.27. The Morgan fingerprint density at radius 2 is 1.75 bits per heavy atom. The largest absolute Gasteiger partial charge is 0.299 e. The van der Waals surface area contributed by atoms with Crippen LogP contribution in [0.15, 0.2) is 30.3 Å². The van der Waals surface area contributed by atoms with Crippen molar-refractivity contribution in [3.05, 3.63) is 35.9 Å². The summed E-state index contributed by atoms with van der Waals surface area (Å²) in [4.78, 5) is 12.1. The molecular weight excluding hydrogens is 196 g/mol. The van der Waals surface area contributed by atoms with E-state index >= 15 is 0 Å². The zero-order valence-corrected chi connectivity index (χ0v) is 10.8. The van der Waals surface area contributed by atoms with E-state index in [1.807, 2.05) is 32.0 Å². The lowest BCUT2D eigenvalue weighted by atomic mass is 9.76. The van der Waals surface area contributed by atoms with Crippen LogP contribution in [0.4, 0.5) is 0 Å². The Kier molecular flexibility index (Phi) is 4.28. The van der Waals surface area contributed by atoms with E-state index in [2.05, 4.69) is 26.0 Å². The van der Waals surface area contributed by atoms with Gasteiger partial charge in [0.05, 0.1) is 0 Å². The fraction of sp³-hybridized carbons (Fsp3) is 0.533. The zero-order chi connectivity index (χ0) is 12.2. The molecule has 1 nitrogen and oxygen atoms in total. The van der Waals surface area contributed by atoms with Crippen molar-refractivity contribution < 1.29 is 4.79 Å². The van der Waals surface area contributed by atoms with Crippen LogP contribution in [0, 0.1) is 11.3 Å². The third-order valence-corrected chi connectivity index (χ3v) is 3.65. The third kappa shape index (κ3) is 3.19. The predicted molar refractivity (Wildman–Crippen MR) is 68.4 cm³/mol. The topological polar surface area (TPSA) is 17.1 Å². The predicted octanol–water partition coefficient (Wildman–Crippen LogP) is 3.87. The monoisotopic (exact) mass is 218 g/mol. The van der Waals surface area contributed by atoms with Crippen LogP contribution in [0.25, 0.3) is 0 Å². The maximum atomic E-state index is 12.1. The number of Topliss-reactive ketones (excluding diaryl/α,β-unsaturated/α-hetero) is 1. The molecule has 0 spiro atoms. The highest BCUT2D eigenvalue weighted by atomic mass is 16.1. The van der Waals surface area contributed by atoms with E-state index in [1.165, 1.54) is 5.56 Å². The highest BCUT2D eigenvalue weighted by molar-refractivity contribution is 5.84. The maximum absolute atomic E-state index is 12.1. The number of carbonyl (C=O) groups excluding carboxylic acids is 1. The van der Waals surface area contributed by atoms with E-state index < -0.39 is 0 Å². The smallest absolute Gasteiger partial charge is 0.139 e. The quantitative estimate of drug-likeness (QED) is 0.733. The zero-order valence-electron chi connectivity index (χ0n) is 10.8. The highest BCUT2D eigenvalue weighted by Crippen LogP contribution is 2.28. The first-order valence-electron chi connectivity index (χ1n) is 6.02. The van der Waals surface area contributed by atoms with Crippen molar-refractivity contribution in [1.29, 1.82) is 0 Å². The van der Waals surface area contributed by atoms with Gasteiger partial charge in [-0.3, -0.25) is 4.79 Å². The Labute approximate surface area is 98.9 Å². The van der Waals surface area contributed by atoms with Gasteiger partial charge in [0, 0.05) is 11.8 Å². The number of rotatable bonds is 5. The SMILES string of the molecule is CC(C)C(C)(C)C(=O)CCc1ccccc1. The Balaban J connectivity index is 2.54. The molecule has 1 rings (SSSR count). The van der Waals surface area contributed by atoms with E-state index in [9.17, 15) is 4.79 Å². The Morgan fingerprint density at radius 1 is 1.19 bits per heavy atom. The van der Waals surface area contributed by atoms with Crippen molar-refractivity contribution in [2.45, 2.75) is 40.5 Å². The van der Waals surface area contributed by atoms with Crippen LogP contribution < -0.4 is 0 Å². The number of hydrogen-bond donors (Lipinski definition) is 0. The number of carbonyl (C=O) groups is 1. The normalized spacial score (nSPS) is 11.8. The molecule has 0 N–H and O–H groups in total. The summed E-state index contributed by atoms with van der Waals surface area (Å²) < 4.78 is 0. The number of hydrogen-bond acceptors (Lipinski definition) is 1. The molecule has 0 atom stereocenters. The Hall–Kier alpha value is -1.11. The first-order chi connectivity index (χ1) is 7.44. The second-order valence-electron chi connectivity index (χ2n) is 5.29. The van der Waals surface area contributed by atoms with Crippen LogP contribution in [0.3, 0.4) is 0 Å². The van der Waals surface area contributed by atoms with E-state index in [1.54, 1.807) is 0 Å². The molecule has 0 radical (unpaired) electrons. The molecule has 0 unspecified atom stereocenters. The molecule has 0 amide bonds. The van der Waals surface area contributed by atoms with E-state index in [4.69, 9.17) is 0 Å². The molecule has 0 saturated carbocycles. The minimum absolute atomic E-state index is 0.200. The number of ketones is 1. The molecule has 0 aliphatic rings. The first-order valence-corrected chi connectivity index (χ1v) is 6.02. The lowest BCUT2D eigenvalue weighted by Crippen LogP contribution is -2.30. The van der Waals surface area contributed by atoms with Gasteiger partial charge >= 0.3 is 0 Å².